The molecule has 0 saturated carbocycles. The van der Waals surface area contributed by atoms with E-state index < -0.39 is 10.0 Å². The Hall–Kier alpha value is -0.980. The van der Waals surface area contributed by atoms with Crippen molar-refractivity contribution in [3.63, 3.8) is 0 Å². The van der Waals surface area contributed by atoms with Gasteiger partial charge in [-0.3, -0.25) is 4.98 Å². The molecular weight excluding hydrogens is 274 g/mol. The summed E-state index contributed by atoms with van der Waals surface area (Å²) < 4.78 is 24.8. The van der Waals surface area contributed by atoms with Gasteiger partial charge in [-0.25, -0.2) is 12.7 Å². The van der Waals surface area contributed by atoms with E-state index in [0.29, 0.717) is 19.0 Å². The summed E-state index contributed by atoms with van der Waals surface area (Å²) in [4.78, 5) is 4.28. The van der Waals surface area contributed by atoms with Gasteiger partial charge in [0.05, 0.1) is 6.26 Å². The molecule has 6 heteroatoms. The molecule has 0 spiro atoms. The molecule has 1 aromatic heterocycles. The van der Waals surface area contributed by atoms with Gasteiger partial charge in [-0.05, 0) is 37.3 Å². The molecule has 20 heavy (non-hydrogen) atoms. The lowest BCUT2D eigenvalue weighted by Gasteiger charge is -2.32. The zero-order chi connectivity index (χ0) is 14.6. The molecule has 0 radical (unpaired) electrons. The van der Waals surface area contributed by atoms with Crippen LogP contribution in [0.25, 0.3) is 0 Å². The van der Waals surface area contributed by atoms with Crippen LogP contribution in [0.15, 0.2) is 24.4 Å². The van der Waals surface area contributed by atoms with Gasteiger partial charge in [0.1, 0.15) is 0 Å². The van der Waals surface area contributed by atoms with Crippen molar-refractivity contribution in [3.8, 4) is 0 Å². The van der Waals surface area contributed by atoms with E-state index in [2.05, 4.69) is 4.98 Å². The number of sulfonamides is 1. The summed E-state index contributed by atoms with van der Waals surface area (Å²) >= 11 is 0. The molecule has 5 nitrogen and oxygen atoms in total. The third-order valence-corrected chi connectivity index (χ3v) is 5.05. The van der Waals surface area contributed by atoms with Gasteiger partial charge in [-0.15, -0.1) is 0 Å². The van der Waals surface area contributed by atoms with Gasteiger partial charge in [0.2, 0.25) is 10.0 Å². The summed E-state index contributed by atoms with van der Waals surface area (Å²) in [6.07, 6.45) is 6.63. The van der Waals surface area contributed by atoms with E-state index >= 15 is 0 Å². The number of hydrogen-bond donors (Lipinski definition) is 1. The normalized spacial score (nSPS) is 22.6. The van der Waals surface area contributed by atoms with Crippen molar-refractivity contribution < 1.29 is 8.42 Å². The van der Waals surface area contributed by atoms with Crippen molar-refractivity contribution in [2.45, 2.75) is 31.7 Å². The lowest BCUT2D eigenvalue weighted by atomic mass is 9.91. The first kappa shape index (κ1) is 15.4. The lowest BCUT2D eigenvalue weighted by molar-refractivity contribution is 0.246. The Bertz CT molecular complexity index is 518. The first-order valence-corrected chi connectivity index (χ1v) is 8.90. The molecule has 2 rings (SSSR count). The van der Waals surface area contributed by atoms with Crippen molar-refractivity contribution in [2.75, 3.05) is 19.3 Å². The van der Waals surface area contributed by atoms with E-state index in [0.717, 1.165) is 31.4 Å². The monoisotopic (exact) mass is 297 g/mol. The zero-order valence-corrected chi connectivity index (χ0v) is 12.7. The van der Waals surface area contributed by atoms with Crippen LogP contribution in [0.3, 0.4) is 0 Å². The molecule has 0 aromatic carbocycles. The zero-order valence-electron chi connectivity index (χ0n) is 11.9. The summed E-state index contributed by atoms with van der Waals surface area (Å²) in [7, 11) is -3.07. The van der Waals surface area contributed by atoms with Crippen molar-refractivity contribution in [1.82, 2.24) is 9.29 Å². The molecule has 2 atom stereocenters. The first-order chi connectivity index (χ1) is 9.45. The first-order valence-electron chi connectivity index (χ1n) is 7.06. The van der Waals surface area contributed by atoms with Gasteiger partial charge in [-0.1, -0.05) is 6.07 Å². The number of piperidine rings is 1. The van der Waals surface area contributed by atoms with Crippen LogP contribution >= 0.6 is 0 Å². The second kappa shape index (κ2) is 6.65. The van der Waals surface area contributed by atoms with Crippen LogP contribution in [-0.4, -0.2) is 43.1 Å². The topological polar surface area (TPSA) is 76.3 Å². The molecule has 1 aliphatic rings. The van der Waals surface area contributed by atoms with Gasteiger partial charge < -0.3 is 5.73 Å². The second-order valence-corrected chi connectivity index (χ2v) is 7.63. The summed E-state index contributed by atoms with van der Waals surface area (Å²) in [5.41, 5.74) is 7.18. The number of pyridine rings is 1. The fourth-order valence-electron chi connectivity index (χ4n) is 2.82. The molecule has 1 fully saturated rings. The lowest BCUT2D eigenvalue weighted by Crippen LogP contribution is -2.41. The van der Waals surface area contributed by atoms with Crippen molar-refractivity contribution in [3.05, 3.63) is 30.1 Å². The van der Waals surface area contributed by atoms with Crippen LogP contribution in [0.2, 0.25) is 0 Å². The summed E-state index contributed by atoms with van der Waals surface area (Å²) in [6.45, 7) is 1.25. The Labute approximate surface area is 121 Å². The van der Waals surface area contributed by atoms with Gasteiger partial charge in [-0.2, -0.15) is 0 Å². The Morgan fingerprint density at radius 2 is 2.30 bits per heavy atom. The van der Waals surface area contributed by atoms with E-state index in [9.17, 15) is 8.42 Å². The third-order valence-electron chi connectivity index (χ3n) is 3.78. The largest absolute Gasteiger partial charge is 0.327 e. The average molecular weight is 297 g/mol. The van der Waals surface area contributed by atoms with Gasteiger partial charge in [0.25, 0.3) is 0 Å². The Kier molecular flexibility index (Phi) is 5.12. The maximum Gasteiger partial charge on any atom is 0.211 e. The van der Waals surface area contributed by atoms with Crippen molar-refractivity contribution in [1.29, 1.82) is 0 Å². The molecule has 1 aromatic rings. The van der Waals surface area contributed by atoms with Crippen LogP contribution < -0.4 is 5.73 Å². The standard InChI is InChI=1S/C14H23N3O2S/c1-20(18,19)17-8-4-5-12(11-17)9-13(15)10-14-6-2-3-7-16-14/h2-3,6-7,12-13H,4-5,8-11,15H2,1H3. The third kappa shape index (κ3) is 4.54. The summed E-state index contributed by atoms with van der Waals surface area (Å²) in [6, 6.07) is 5.86. The highest BCUT2D eigenvalue weighted by molar-refractivity contribution is 7.88. The number of hydrogen-bond acceptors (Lipinski definition) is 4. The molecule has 2 unspecified atom stereocenters. The fraction of sp³-hybridized carbons (Fsp3) is 0.643. The molecule has 2 N–H and O–H groups in total. The van der Waals surface area contributed by atoms with Gasteiger partial charge >= 0.3 is 0 Å². The maximum atomic E-state index is 11.6. The van der Waals surface area contributed by atoms with Crippen LogP contribution in [0.1, 0.15) is 25.0 Å². The predicted octanol–water partition coefficient (Wildman–Crippen LogP) is 1.01. The summed E-state index contributed by atoms with van der Waals surface area (Å²) in [5.74, 6) is 0.359. The van der Waals surface area contributed by atoms with E-state index in [1.54, 1.807) is 10.5 Å². The minimum atomic E-state index is -3.07. The Morgan fingerprint density at radius 1 is 1.50 bits per heavy atom. The van der Waals surface area contributed by atoms with Crippen LogP contribution in [0.4, 0.5) is 0 Å². The average Bonchev–Trinajstić information content (AvgIpc) is 2.39. The molecule has 1 saturated heterocycles. The number of nitrogens with two attached hydrogens (primary N) is 1. The molecule has 112 valence electrons. The number of rotatable bonds is 5. The number of aromatic nitrogens is 1. The molecule has 2 heterocycles. The molecular formula is C14H23N3O2S. The van der Waals surface area contributed by atoms with Crippen molar-refractivity contribution >= 4 is 10.0 Å². The van der Waals surface area contributed by atoms with Crippen LogP contribution in [0.5, 0.6) is 0 Å². The highest BCUT2D eigenvalue weighted by Gasteiger charge is 2.26. The minimum Gasteiger partial charge on any atom is -0.327 e. The smallest absolute Gasteiger partial charge is 0.211 e. The SMILES string of the molecule is CS(=O)(=O)N1CCCC(CC(N)Cc2ccccn2)C1. The fourth-order valence-corrected chi connectivity index (χ4v) is 3.76. The summed E-state index contributed by atoms with van der Waals surface area (Å²) in [5, 5.41) is 0. The maximum absolute atomic E-state index is 11.6. The highest BCUT2D eigenvalue weighted by atomic mass is 32.2. The van der Waals surface area contributed by atoms with Crippen LogP contribution in [0, 0.1) is 5.92 Å². The predicted molar refractivity (Wildman–Crippen MR) is 79.7 cm³/mol. The van der Waals surface area contributed by atoms with Gasteiger partial charge in [0, 0.05) is 37.4 Å². The van der Waals surface area contributed by atoms with E-state index in [-0.39, 0.29) is 6.04 Å². The second-order valence-electron chi connectivity index (χ2n) is 5.65. The van der Waals surface area contributed by atoms with E-state index in [1.165, 1.54) is 6.26 Å². The Balaban J connectivity index is 1.86. The quantitative estimate of drug-likeness (QED) is 0.880. The molecule has 0 bridgehead atoms. The molecule has 1 aliphatic heterocycles. The Morgan fingerprint density at radius 3 is 2.95 bits per heavy atom. The van der Waals surface area contributed by atoms with Crippen LogP contribution in [-0.2, 0) is 16.4 Å². The van der Waals surface area contributed by atoms with Crippen molar-refractivity contribution in [2.24, 2.45) is 11.7 Å². The van der Waals surface area contributed by atoms with E-state index in [4.69, 9.17) is 5.73 Å². The molecule has 0 aliphatic carbocycles. The van der Waals surface area contributed by atoms with Gasteiger partial charge in [0.15, 0.2) is 0 Å². The minimum absolute atomic E-state index is 0.0365. The number of nitrogens with zero attached hydrogens (tertiary/aromatic N) is 2. The van der Waals surface area contributed by atoms with E-state index in [1.807, 2.05) is 18.2 Å². The highest BCUT2D eigenvalue weighted by Crippen LogP contribution is 2.23. The molecule has 0 amide bonds.